The van der Waals surface area contributed by atoms with Gasteiger partial charge in [-0.1, -0.05) is 0 Å². The summed E-state index contributed by atoms with van der Waals surface area (Å²) in [4.78, 5) is 2.23. The second-order valence-corrected chi connectivity index (χ2v) is 4.51. The maximum Gasteiger partial charge on any atom is 0.125 e. The summed E-state index contributed by atoms with van der Waals surface area (Å²) in [6.07, 6.45) is 3.57. The second-order valence-electron chi connectivity index (χ2n) is 4.51. The molecule has 1 saturated heterocycles. The van der Waals surface area contributed by atoms with Gasteiger partial charge in [-0.25, -0.2) is 4.39 Å². The van der Waals surface area contributed by atoms with Crippen LogP contribution in [0.15, 0.2) is 18.2 Å². The van der Waals surface area contributed by atoms with Gasteiger partial charge < -0.3 is 10.0 Å². The standard InChI is InChI=1S/C13H18FNO/c1-10-4-2-3-5-15(10)13-7-11(9-16)6-12(14)8-13/h6-8,10,16H,2-5,9H2,1H3. The maximum absolute atomic E-state index is 13.4. The van der Waals surface area contributed by atoms with Crippen LogP contribution >= 0.6 is 0 Å². The average molecular weight is 223 g/mol. The van der Waals surface area contributed by atoms with Crippen LogP contribution in [0.5, 0.6) is 0 Å². The number of piperidine rings is 1. The van der Waals surface area contributed by atoms with Crippen molar-refractivity contribution in [3.05, 3.63) is 29.6 Å². The first-order chi connectivity index (χ1) is 7.70. The van der Waals surface area contributed by atoms with E-state index in [1.54, 1.807) is 6.07 Å². The van der Waals surface area contributed by atoms with E-state index in [-0.39, 0.29) is 12.4 Å². The minimum absolute atomic E-state index is 0.104. The summed E-state index contributed by atoms with van der Waals surface area (Å²) in [5.74, 6) is -0.265. The van der Waals surface area contributed by atoms with Gasteiger partial charge in [0, 0.05) is 18.3 Å². The highest BCUT2D eigenvalue weighted by atomic mass is 19.1. The monoisotopic (exact) mass is 223 g/mol. The highest BCUT2D eigenvalue weighted by molar-refractivity contribution is 5.50. The SMILES string of the molecule is CC1CCCCN1c1cc(F)cc(CO)c1. The normalized spacial score (nSPS) is 21.2. The molecule has 2 nitrogen and oxygen atoms in total. The molecule has 1 aliphatic heterocycles. The number of anilines is 1. The van der Waals surface area contributed by atoms with Crippen LogP contribution in [0, 0.1) is 5.82 Å². The van der Waals surface area contributed by atoms with Crippen molar-refractivity contribution in [1.82, 2.24) is 0 Å². The van der Waals surface area contributed by atoms with Gasteiger partial charge in [0.25, 0.3) is 0 Å². The summed E-state index contributed by atoms with van der Waals surface area (Å²) < 4.78 is 13.4. The third-order valence-electron chi connectivity index (χ3n) is 3.26. The summed E-state index contributed by atoms with van der Waals surface area (Å²) in [6.45, 7) is 3.05. The van der Waals surface area contributed by atoms with Gasteiger partial charge in [-0.15, -0.1) is 0 Å². The number of hydrogen-bond donors (Lipinski definition) is 1. The average Bonchev–Trinajstić information content (AvgIpc) is 2.28. The molecule has 0 aromatic heterocycles. The Morgan fingerprint density at radius 1 is 1.38 bits per heavy atom. The van der Waals surface area contributed by atoms with E-state index < -0.39 is 0 Å². The number of hydrogen-bond acceptors (Lipinski definition) is 2. The summed E-state index contributed by atoms with van der Waals surface area (Å²) in [5.41, 5.74) is 1.55. The van der Waals surface area contributed by atoms with Crippen molar-refractivity contribution in [2.75, 3.05) is 11.4 Å². The molecule has 0 aliphatic carbocycles. The summed E-state index contributed by atoms with van der Waals surface area (Å²) in [6, 6.07) is 5.28. The molecule has 88 valence electrons. The lowest BCUT2D eigenvalue weighted by Gasteiger charge is -2.35. The van der Waals surface area contributed by atoms with E-state index in [1.807, 2.05) is 6.07 Å². The first-order valence-electron chi connectivity index (χ1n) is 5.87. The molecule has 1 N–H and O–H groups in total. The molecular weight excluding hydrogens is 205 g/mol. The van der Waals surface area contributed by atoms with Crippen molar-refractivity contribution in [2.45, 2.75) is 38.8 Å². The third-order valence-corrected chi connectivity index (χ3v) is 3.26. The Labute approximate surface area is 95.7 Å². The molecular formula is C13H18FNO. The molecule has 3 heteroatoms. The fourth-order valence-electron chi connectivity index (χ4n) is 2.37. The van der Waals surface area contributed by atoms with Crippen molar-refractivity contribution < 1.29 is 9.50 Å². The fourth-order valence-corrected chi connectivity index (χ4v) is 2.37. The zero-order valence-electron chi connectivity index (χ0n) is 9.62. The van der Waals surface area contributed by atoms with Crippen molar-refractivity contribution in [3.63, 3.8) is 0 Å². The zero-order valence-corrected chi connectivity index (χ0v) is 9.62. The van der Waals surface area contributed by atoms with Crippen LogP contribution in [0.3, 0.4) is 0 Å². The first kappa shape index (κ1) is 11.4. The van der Waals surface area contributed by atoms with Crippen LogP contribution in [0.4, 0.5) is 10.1 Å². The quantitative estimate of drug-likeness (QED) is 0.833. The van der Waals surface area contributed by atoms with Crippen LogP contribution in [-0.2, 0) is 6.61 Å². The molecule has 0 saturated carbocycles. The number of rotatable bonds is 2. The zero-order chi connectivity index (χ0) is 11.5. The molecule has 1 heterocycles. The van der Waals surface area contributed by atoms with Crippen molar-refractivity contribution >= 4 is 5.69 Å². The molecule has 1 fully saturated rings. The Hall–Kier alpha value is -1.09. The molecule has 16 heavy (non-hydrogen) atoms. The first-order valence-corrected chi connectivity index (χ1v) is 5.87. The Bertz CT molecular complexity index is 367. The van der Waals surface area contributed by atoms with E-state index in [0.717, 1.165) is 25.1 Å². The van der Waals surface area contributed by atoms with Gasteiger partial charge in [0.1, 0.15) is 5.82 Å². The van der Waals surface area contributed by atoms with Crippen molar-refractivity contribution in [1.29, 1.82) is 0 Å². The molecule has 1 aromatic rings. The Morgan fingerprint density at radius 2 is 2.19 bits per heavy atom. The number of aliphatic hydroxyl groups is 1. The molecule has 1 aliphatic rings. The molecule has 0 spiro atoms. The lowest BCUT2D eigenvalue weighted by Crippen LogP contribution is -2.37. The number of nitrogens with zero attached hydrogens (tertiary/aromatic N) is 1. The number of benzene rings is 1. The topological polar surface area (TPSA) is 23.5 Å². The van der Waals surface area contributed by atoms with Gasteiger partial charge in [0.05, 0.1) is 6.61 Å². The number of aliphatic hydroxyl groups excluding tert-OH is 1. The predicted octanol–water partition coefficient (Wildman–Crippen LogP) is 2.70. The van der Waals surface area contributed by atoms with E-state index in [1.165, 1.54) is 12.5 Å². The van der Waals surface area contributed by atoms with Crippen LogP contribution in [0.25, 0.3) is 0 Å². The minimum atomic E-state index is -0.265. The third kappa shape index (κ3) is 2.35. The Kier molecular flexibility index (Phi) is 3.44. The van der Waals surface area contributed by atoms with E-state index in [0.29, 0.717) is 11.6 Å². The highest BCUT2D eigenvalue weighted by Gasteiger charge is 2.19. The van der Waals surface area contributed by atoms with Crippen LogP contribution in [-0.4, -0.2) is 17.7 Å². The Balaban J connectivity index is 2.27. The predicted molar refractivity (Wildman–Crippen MR) is 63.0 cm³/mol. The molecule has 1 atom stereocenters. The van der Waals surface area contributed by atoms with Gasteiger partial charge in [-0.2, -0.15) is 0 Å². The summed E-state index contributed by atoms with van der Waals surface area (Å²) >= 11 is 0. The van der Waals surface area contributed by atoms with E-state index in [9.17, 15) is 4.39 Å². The minimum Gasteiger partial charge on any atom is -0.392 e. The molecule has 0 bridgehead atoms. The second kappa shape index (κ2) is 4.83. The molecule has 0 radical (unpaired) electrons. The highest BCUT2D eigenvalue weighted by Crippen LogP contribution is 2.26. The lowest BCUT2D eigenvalue weighted by atomic mass is 10.0. The summed E-state index contributed by atoms with van der Waals surface area (Å²) in [7, 11) is 0. The van der Waals surface area contributed by atoms with Crippen LogP contribution in [0.2, 0.25) is 0 Å². The van der Waals surface area contributed by atoms with Gasteiger partial charge in [0.2, 0.25) is 0 Å². The Morgan fingerprint density at radius 3 is 2.88 bits per heavy atom. The smallest absolute Gasteiger partial charge is 0.125 e. The van der Waals surface area contributed by atoms with Crippen LogP contribution < -0.4 is 4.90 Å². The van der Waals surface area contributed by atoms with E-state index >= 15 is 0 Å². The molecule has 1 aromatic carbocycles. The van der Waals surface area contributed by atoms with Crippen molar-refractivity contribution in [3.8, 4) is 0 Å². The molecule has 1 unspecified atom stereocenters. The van der Waals surface area contributed by atoms with E-state index in [4.69, 9.17) is 5.11 Å². The van der Waals surface area contributed by atoms with Gasteiger partial charge >= 0.3 is 0 Å². The van der Waals surface area contributed by atoms with Gasteiger partial charge in [0.15, 0.2) is 0 Å². The number of halogens is 1. The summed E-state index contributed by atoms with van der Waals surface area (Å²) in [5, 5.41) is 9.07. The largest absolute Gasteiger partial charge is 0.392 e. The van der Waals surface area contributed by atoms with Gasteiger partial charge in [-0.3, -0.25) is 0 Å². The fraction of sp³-hybridized carbons (Fsp3) is 0.538. The lowest BCUT2D eigenvalue weighted by molar-refractivity contribution is 0.281. The maximum atomic E-state index is 13.4. The van der Waals surface area contributed by atoms with Gasteiger partial charge in [-0.05, 0) is 49.9 Å². The van der Waals surface area contributed by atoms with Crippen LogP contribution in [0.1, 0.15) is 31.7 Å². The molecule has 2 rings (SSSR count). The molecule has 0 amide bonds. The van der Waals surface area contributed by atoms with E-state index in [2.05, 4.69) is 11.8 Å². The van der Waals surface area contributed by atoms with Crippen molar-refractivity contribution in [2.24, 2.45) is 0 Å².